The number of thiophene rings is 1. The van der Waals surface area contributed by atoms with Crippen molar-refractivity contribution in [2.75, 3.05) is 24.7 Å². The van der Waals surface area contributed by atoms with Crippen LogP contribution in [-0.2, 0) is 23.9 Å². The number of aromatic nitrogens is 2. The van der Waals surface area contributed by atoms with E-state index in [0.717, 1.165) is 46.8 Å². The highest BCUT2D eigenvalue weighted by Gasteiger charge is 2.34. The summed E-state index contributed by atoms with van der Waals surface area (Å²) >= 11 is 2.18. The van der Waals surface area contributed by atoms with Gasteiger partial charge in [-0.1, -0.05) is 41.6 Å². The summed E-state index contributed by atoms with van der Waals surface area (Å²) in [7, 11) is 1.99. The van der Waals surface area contributed by atoms with Gasteiger partial charge in [-0.3, -0.25) is 4.79 Å². The second-order valence-corrected chi connectivity index (χ2v) is 9.98. The number of amides is 1. The molecule has 1 aromatic carbocycles. The van der Waals surface area contributed by atoms with Gasteiger partial charge in [-0.15, -0.1) is 11.3 Å². The number of nitriles is 1. The second kappa shape index (κ2) is 9.74. The van der Waals surface area contributed by atoms with Gasteiger partial charge in [-0.25, -0.2) is 9.97 Å². The van der Waals surface area contributed by atoms with Crippen molar-refractivity contribution >= 4 is 34.0 Å². The number of carbonyl (C=O) groups is 1. The molecular formula is C23H20F3N5OS2. The van der Waals surface area contributed by atoms with Crippen molar-refractivity contribution in [2.45, 2.75) is 31.2 Å². The molecule has 0 saturated heterocycles. The third kappa shape index (κ3) is 5.41. The quantitative estimate of drug-likeness (QED) is 0.384. The van der Waals surface area contributed by atoms with Crippen LogP contribution in [0.15, 0.2) is 35.5 Å². The molecule has 2 aromatic heterocycles. The molecule has 0 radical (unpaired) electrons. The molecular weight excluding hydrogens is 483 g/mol. The molecule has 0 saturated carbocycles. The van der Waals surface area contributed by atoms with Crippen LogP contribution in [0, 0.1) is 18.3 Å². The minimum atomic E-state index is -4.65. The van der Waals surface area contributed by atoms with E-state index in [1.165, 1.54) is 11.3 Å². The summed E-state index contributed by atoms with van der Waals surface area (Å²) in [5.41, 5.74) is 1.98. The Labute approximate surface area is 202 Å². The highest BCUT2D eigenvalue weighted by atomic mass is 32.2. The lowest BCUT2D eigenvalue weighted by molar-refractivity contribution is -0.141. The van der Waals surface area contributed by atoms with E-state index in [1.54, 1.807) is 24.3 Å². The van der Waals surface area contributed by atoms with Crippen LogP contribution in [0.2, 0.25) is 0 Å². The van der Waals surface area contributed by atoms with Crippen molar-refractivity contribution in [2.24, 2.45) is 0 Å². The van der Waals surface area contributed by atoms with Gasteiger partial charge in [0.15, 0.2) is 5.16 Å². The van der Waals surface area contributed by atoms with E-state index in [-0.39, 0.29) is 16.6 Å². The predicted molar refractivity (Wildman–Crippen MR) is 126 cm³/mol. The van der Waals surface area contributed by atoms with Crippen molar-refractivity contribution in [1.29, 1.82) is 5.26 Å². The first-order valence-electron chi connectivity index (χ1n) is 10.3. The summed E-state index contributed by atoms with van der Waals surface area (Å²) < 4.78 is 40.3. The van der Waals surface area contributed by atoms with Gasteiger partial charge < -0.3 is 10.2 Å². The third-order valence-corrected chi connectivity index (χ3v) is 7.27. The Morgan fingerprint density at radius 2 is 2.03 bits per heavy atom. The van der Waals surface area contributed by atoms with Crippen molar-refractivity contribution in [3.05, 3.63) is 57.6 Å². The Morgan fingerprint density at radius 3 is 2.71 bits per heavy atom. The van der Waals surface area contributed by atoms with E-state index in [4.69, 9.17) is 0 Å². The number of nitrogens with zero attached hydrogens (tertiary/aromatic N) is 4. The first-order chi connectivity index (χ1) is 16.1. The van der Waals surface area contributed by atoms with Crippen LogP contribution in [0.1, 0.15) is 27.3 Å². The number of nitrogens with one attached hydrogen (secondary N) is 1. The number of halogens is 3. The summed E-state index contributed by atoms with van der Waals surface area (Å²) in [4.78, 5) is 23.6. The fourth-order valence-electron chi connectivity index (χ4n) is 3.54. The fourth-order valence-corrected chi connectivity index (χ4v) is 5.49. The number of thioether (sulfide) groups is 1. The van der Waals surface area contributed by atoms with Crippen LogP contribution in [0.3, 0.4) is 0 Å². The van der Waals surface area contributed by atoms with Crippen LogP contribution < -0.4 is 5.32 Å². The number of carbonyl (C=O) groups excluding carboxylic acids is 1. The number of anilines is 1. The standard InChI is InChI=1S/C23H20F3N5OS2/c1-13-3-5-14(6-4-13)17-9-19(23(24,25)26)29-22(28-17)33-12-20(32)30-21-16(10-27)15-7-8-31(2)11-18(15)34-21/h3-6,9H,7-8,11-12H2,1-2H3,(H,30,32). The Bertz CT molecular complexity index is 1270. The number of alkyl halides is 3. The van der Waals surface area contributed by atoms with Gasteiger partial charge in [0.25, 0.3) is 0 Å². The summed E-state index contributed by atoms with van der Waals surface area (Å²) in [6.07, 6.45) is -3.92. The van der Waals surface area contributed by atoms with E-state index in [2.05, 4.69) is 26.3 Å². The molecule has 1 N–H and O–H groups in total. The maximum Gasteiger partial charge on any atom is 0.433 e. The topological polar surface area (TPSA) is 81.9 Å². The van der Waals surface area contributed by atoms with Crippen molar-refractivity contribution in [3.8, 4) is 17.3 Å². The fraction of sp³-hybridized carbons (Fsp3) is 0.304. The number of fused-ring (bicyclic) bond motifs is 1. The third-order valence-electron chi connectivity index (χ3n) is 5.29. The van der Waals surface area contributed by atoms with Gasteiger partial charge in [0.2, 0.25) is 5.91 Å². The zero-order valence-corrected chi connectivity index (χ0v) is 20.0. The number of likely N-dealkylation sites (N-methyl/N-ethyl adjacent to an activating group) is 1. The zero-order chi connectivity index (χ0) is 24.5. The molecule has 176 valence electrons. The Morgan fingerprint density at radius 1 is 1.29 bits per heavy atom. The maximum atomic E-state index is 13.4. The van der Waals surface area contributed by atoms with Crippen molar-refractivity contribution in [3.63, 3.8) is 0 Å². The lowest BCUT2D eigenvalue weighted by Crippen LogP contribution is -2.25. The maximum absolute atomic E-state index is 13.4. The van der Waals surface area contributed by atoms with Crippen LogP contribution >= 0.6 is 23.1 Å². The Kier molecular flexibility index (Phi) is 6.93. The van der Waals surface area contributed by atoms with Gasteiger partial charge in [0.1, 0.15) is 16.8 Å². The molecule has 0 fully saturated rings. The highest BCUT2D eigenvalue weighted by Crippen LogP contribution is 2.37. The van der Waals surface area contributed by atoms with E-state index in [0.29, 0.717) is 22.7 Å². The second-order valence-electron chi connectivity index (χ2n) is 7.93. The molecule has 6 nitrogen and oxygen atoms in total. The molecule has 0 bridgehead atoms. The van der Waals surface area contributed by atoms with Crippen molar-refractivity contribution in [1.82, 2.24) is 14.9 Å². The summed E-state index contributed by atoms with van der Waals surface area (Å²) in [6, 6.07) is 10.0. The minimum Gasteiger partial charge on any atom is -0.316 e. The molecule has 0 unspecified atom stereocenters. The summed E-state index contributed by atoms with van der Waals surface area (Å²) in [6.45, 7) is 3.42. The SMILES string of the molecule is Cc1ccc(-c2cc(C(F)(F)F)nc(SCC(=O)Nc3sc4c(c3C#N)CCN(C)C4)n2)cc1. The van der Waals surface area contributed by atoms with E-state index in [1.807, 2.05) is 14.0 Å². The molecule has 34 heavy (non-hydrogen) atoms. The van der Waals surface area contributed by atoms with E-state index < -0.39 is 17.8 Å². The van der Waals surface area contributed by atoms with Gasteiger partial charge >= 0.3 is 6.18 Å². The number of benzene rings is 1. The first kappa shape index (κ1) is 24.2. The lowest BCUT2D eigenvalue weighted by atomic mass is 10.0. The zero-order valence-electron chi connectivity index (χ0n) is 18.4. The first-order valence-corrected chi connectivity index (χ1v) is 12.1. The Balaban J connectivity index is 1.52. The highest BCUT2D eigenvalue weighted by molar-refractivity contribution is 7.99. The summed E-state index contributed by atoms with van der Waals surface area (Å²) in [5, 5.41) is 12.6. The molecule has 0 atom stereocenters. The predicted octanol–water partition coefficient (Wildman–Crippen LogP) is 5.12. The van der Waals surface area contributed by atoms with Gasteiger partial charge in [-0.2, -0.15) is 18.4 Å². The molecule has 3 aromatic rings. The monoisotopic (exact) mass is 503 g/mol. The number of hydrogen-bond acceptors (Lipinski definition) is 7. The molecule has 0 spiro atoms. The average molecular weight is 504 g/mol. The molecule has 3 heterocycles. The molecule has 1 amide bonds. The Hall–Kier alpha value is -2.94. The number of hydrogen-bond donors (Lipinski definition) is 1. The molecule has 4 rings (SSSR count). The minimum absolute atomic E-state index is 0.132. The average Bonchev–Trinajstić information content (AvgIpc) is 3.13. The van der Waals surface area contributed by atoms with Gasteiger partial charge in [-0.05, 0) is 32.0 Å². The molecule has 0 aliphatic carbocycles. The van der Waals surface area contributed by atoms with Gasteiger partial charge in [0, 0.05) is 23.5 Å². The molecule has 1 aliphatic heterocycles. The number of rotatable bonds is 5. The van der Waals surface area contributed by atoms with Gasteiger partial charge in [0.05, 0.1) is 17.0 Å². The normalized spacial score (nSPS) is 13.9. The van der Waals surface area contributed by atoms with E-state index >= 15 is 0 Å². The van der Waals surface area contributed by atoms with Crippen LogP contribution in [0.4, 0.5) is 18.2 Å². The summed E-state index contributed by atoms with van der Waals surface area (Å²) in [5.74, 6) is -0.631. The smallest absolute Gasteiger partial charge is 0.316 e. The molecule has 1 aliphatic rings. The van der Waals surface area contributed by atoms with Crippen LogP contribution in [-0.4, -0.2) is 40.1 Å². The van der Waals surface area contributed by atoms with Crippen molar-refractivity contribution < 1.29 is 18.0 Å². The van der Waals surface area contributed by atoms with Crippen LogP contribution in [0.25, 0.3) is 11.3 Å². The molecule has 11 heteroatoms. The number of aryl methyl sites for hydroxylation is 1. The van der Waals surface area contributed by atoms with Crippen LogP contribution in [0.5, 0.6) is 0 Å². The van der Waals surface area contributed by atoms with E-state index in [9.17, 15) is 23.2 Å². The largest absolute Gasteiger partial charge is 0.433 e. The lowest BCUT2D eigenvalue weighted by Gasteiger charge is -2.21.